The molecule has 1 unspecified atom stereocenters. The van der Waals surface area contributed by atoms with Crippen LogP contribution in [0.4, 0.5) is 0 Å². The van der Waals surface area contributed by atoms with Gasteiger partial charge < -0.3 is 10.1 Å². The van der Waals surface area contributed by atoms with Crippen LogP contribution in [-0.4, -0.2) is 24.8 Å². The SMILES string of the molecule is CCCNC(Cc1ccc(Cl)cc1)C(C)(C)OCC. The first-order valence-electron chi connectivity index (χ1n) is 7.11. The Morgan fingerprint density at radius 3 is 2.37 bits per heavy atom. The van der Waals surface area contributed by atoms with E-state index in [1.807, 2.05) is 19.1 Å². The van der Waals surface area contributed by atoms with Crippen LogP contribution in [0.1, 0.15) is 39.7 Å². The Hall–Kier alpha value is -0.570. The molecule has 0 bridgehead atoms. The molecule has 0 aliphatic carbocycles. The van der Waals surface area contributed by atoms with Crippen molar-refractivity contribution < 1.29 is 4.74 Å². The van der Waals surface area contributed by atoms with Gasteiger partial charge >= 0.3 is 0 Å². The van der Waals surface area contributed by atoms with Crippen molar-refractivity contribution in [1.29, 1.82) is 0 Å². The number of rotatable bonds is 8. The summed E-state index contributed by atoms with van der Waals surface area (Å²) in [6.07, 6.45) is 2.07. The lowest BCUT2D eigenvalue weighted by Gasteiger charge is -2.35. The van der Waals surface area contributed by atoms with Crippen LogP contribution in [0.15, 0.2) is 24.3 Å². The first-order chi connectivity index (χ1) is 8.99. The number of ether oxygens (including phenoxy) is 1. The third kappa shape index (κ3) is 5.52. The van der Waals surface area contributed by atoms with Gasteiger partial charge in [-0.2, -0.15) is 0 Å². The van der Waals surface area contributed by atoms with Gasteiger partial charge in [0, 0.05) is 17.7 Å². The normalized spacial score (nSPS) is 13.5. The summed E-state index contributed by atoms with van der Waals surface area (Å²) in [6, 6.07) is 8.37. The molecule has 0 radical (unpaired) electrons. The third-order valence-electron chi connectivity index (χ3n) is 3.35. The second-order valence-corrected chi connectivity index (χ2v) is 5.81. The van der Waals surface area contributed by atoms with Crippen molar-refractivity contribution in [3.63, 3.8) is 0 Å². The fourth-order valence-electron chi connectivity index (χ4n) is 2.21. The van der Waals surface area contributed by atoms with Crippen LogP contribution in [0.2, 0.25) is 5.02 Å². The van der Waals surface area contributed by atoms with Gasteiger partial charge in [-0.05, 0) is 57.9 Å². The Bertz CT molecular complexity index is 362. The summed E-state index contributed by atoms with van der Waals surface area (Å²) in [5.41, 5.74) is 1.11. The van der Waals surface area contributed by atoms with Crippen molar-refractivity contribution in [1.82, 2.24) is 5.32 Å². The van der Waals surface area contributed by atoms with Crippen molar-refractivity contribution >= 4 is 11.6 Å². The van der Waals surface area contributed by atoms with E-state index in [1.165, 1.54) is 5.56 Å². The van der Waals surface area contributed by atoms with Crippen molar-refractivity contribution in [2.75, 3.05) is 13.2 Å². The molecule has 0 aromatic heterocycles. The monoisotopic (exact) mass is 283 g/mol. The Kier molecular flexibility index (Phi) is 6.84. The number of benzene rings is 1. The lowest BCUT2D eigenvalue weighted by molar-refractivity contribution is -0.0379. The second kappa shape index (κ2) is 7.88. The number of hydrogen-bond acceptors (Lipinski definition) is 2. The molecule has 3 heteroatoms. The van der Waals surface area contributed by atoms with E-state index in [4.69, 9.17) is 16.3 Å². The van der Waals surface area contributed by atoms with Crippen molar-refractivity contribution in [2.45, 2.75) is 52.2 Å². The van der Waals surface area contributed by atoms with Crippen molar-refractivity contribution in [2.24, 2.45) is 0 Å². The predicted molar refractivity (Wildman–Crippen MR) is 82.9 cm³/mol. The maximum absolute atomic E-state index is 5.93. The first-order valence-corrected chi connectivity index (χ1v) is 7.49. The zero-order valence-electron chi connectivity index (χ0n) is 12.5. The average molecular weight is 284 g/mol. The van der Waals surface area contributed by atoms with E-state index in [0.717, 1.165) is 31.0 Å². The maximum atomic E-state index is 5.93. The van der Waals surface area contributed by atoms with Crippen molar-refractivity contribution in [3.05, 3.63) is 34.9 Å². The number of halogens is 1. The number of hydrogen-bond donors (Lipinski definition) is 1. The molecule has 0 fully saturated rings. The van der Waals surface area contributed by atoms with E-state index in [2.05, 4.69) is 38.2 Å². The lowest BCUT2D eigenvalue weighted by atomic mass is 9.92. The quantitative estimate of drug-likeness (QED) is 0.777. The first kappa shape index (κ1) is 16.5. The van der Waals surface area contributed by atoms with Gasteiger partial charge in [0.25, 0.3) is 0 Å². The molecule has 1 rings (SSSR count). The summed E-state index contributed by atoms with van der Waals surface area (Å²) < 4.78 is 5.90. The third-order valence-corrected chi connectivity index (χ3v) is 3.60. The predicted octanol–water partition coefficient (Wildman–Crippen LogP) is 4.07. The van der Waals surface area contributed by atoms with E-state index in [9.17, 15) is 0 Å². The van der Waals surface area contributed by atoms with Crippen LogP contribution in [0, 0.1) is 0 Å². The maximum Gasteiger partial charge on any atom is 0.0781 e. The molecule has 1 aromatic carbocycles. The molecule has 1 N–H and O–H groups in total. The Labute approximate surface area is 122 Å². The summed E-state index contributed by atoms with van der Waals surface area (Å²) in [5, 5.41) is 4.38. The van der Waals surface area contributed by atoms with E-state index >= 15 is 0 Å². The van der Waals surface area contributed by atoms with Gasteiger partial charge in [0.1, 0.15) is 0 Å². The molecule has 1 atom stereocenters. The molecule has 0 heterocycles. The summed E-state index contributed by atoms with van der Waals surface area (Å²) >= 11 is 5.93. The van der Waals surface area contributed by atoms with E-state index in [0.29, 0.717) is 6.04 Å². The Morgan fingerprint density at radius 2 is 1.84 bits per heavy atom. The summed E-state index contributed by atoms with van der Waals surface area (Å²) in [7, 11) is 0. The van der Waals surface area contributed by atoms with Crippen LogP contribution < -0.4 is 5.32 Å². The van der Waals surface area contributed by atoms with Gasteiger partial charge in [-0.25, -0.2) is 0 Å². The highest BCUT2D eigenvalue weighted by molar-refractivity contribution is 6.30. The van der Waals surface area contributed by atoms with Gasteiger partial charge in [0.05, 0.1) is 5.60 Å². The van der Waals surface area contributed by atoms with Crippen LogP contribution in [0.25, 0.3) is 0 Å². The molecule has 0 aliphatic heterocycles. The van der Waals surface area contributed by atoms with E-state index < -0.39 is 0 Å². The zero-order valence-corrected chi connectivity index (χ0v) is 13.3. The molecular formula is C16H26ClNO. The molecule has 0 aliphatic rings. The molecule has 2 nitrogen and oxygen atoms in total. The van der Waals surface area contributed by atoms with Gasteiger partial charge in [-0.3, -0.25) is 0 Å². The largest absolute Gasteiger partial charge is 0.374 e. The number of nitrogens with one attached hydrogen (secondary N) is 1. The van der Waals surface area contributed by atoms with Gasteiger partial charge in [0.15, 0.2) is 0 Å². The average Bonchev–Trinajstić information content (AvgIpc) is 2.36. The molecule has 0 saturated carbocycles. The molecule has 0 saturated heterocycles. The van der Waals surface area contributed by atoms with E-state index in [-0.39, 0.29) is 5.60 Å². The van der Waals surface area contributed by atoms with Crippen LogP contribution >= 0.6 is 11.6 Å². The topological polar surface area (TPSA) is 21.3 Å². The van der Waals surface area contributed by atoms with Crippen LogP contribution in [0.5, 0.6) is 0 Å². The molecular weight excluding hydrogens is 258 g/mol. The van der Waals surface area contributed by atoms with Gasteiger partial charge in [-0.1, -0.05) is 30.7 Å². The zero-order chi connectivity index (χ0) is 14.3. The highest BCUT2D eigenvalue weighted by Gasteiger charge is 2.29. The van der Waals surface area contributed by atoms with Gasteiger partial charge in [0.2, 0.25) is 0 Å². The fraction of sp³-hybridized carbons (Fsp3) is 0.625. The minimum Gasteiger partial charge on any atom is -0.374 e. The molecule has 1 aromatic rings. The highest BCUT2D eigenvalue weighted by Crippen LogP contribution is 2.20. The Morgan fingerprint density at radius 1 is 1.21 bits per heavy atom. The highest BCUT2D eigenvalue weighted by atomic mass is 35.5. The lowest BCUT2D eigenvalue weighted by Crippen LogP contribution is -2.50. The molecule has 19 heavy (non-hydrogen) atoms. The molecule has 0 amide bonds. The minimum atomic E-state index is -0.177. The fourth-order valence-corrected chi connectivity index (χ4v) is 2.34. The second-order valence-electron chi connectivity index (χ2n) is 5.37. The van der Waals surface area contributed by atoms with E-state index in [1.54, 1.807) is 0 Å². The van der Waals surface area contributed by atoms with Gasteiger partial charge in [-0.15, -0.1) is 0 Å². The molecule has 108 valence electrons. The van der Waals surface area contributed by atoms with Crippen LogP contribution in [-0.2, 0) is 11.2 Å². The smallest absolute Gasteiger partial charge is 0.0781 e. The summed E-state index contributed by atoms with van der Waals surface area (Å²) in [4.78, 5) is 0. The minimum absolute atomic E-state index is 0.177. The van der Waals surface area contributed by atoms with Crippen LogP contribution in [0.3, 0.4) is 0 Å². The summed E-state index contributed by atoms with van der Waals surface area (Å²) in [6.45, 7) is 10.3. The standard InChI is InChI=1S/C16H26ClNO/c1-5-11-18-15(16(3,4)19-6-2)12-13-7-9-14(17)10-8-13/h7-10,15,18H,5-6,11-12H2,1-4H3. The molecule has 0 spiro atoms. The summed E-state index contributed by atoms with van der Waals surface area (Å²) in [5.74, 6) is 0. The Balaban J connectivity index is 2.76. The van der Waals surface area contributed by atoms with Crippen molar-refractivity contribution in [3.8, 4) is 0 Å².